The van der Waals surface area contributed by atoms with Crippen molar-refractivity contribution in [2.24, 2.45) is 5.92 Å². The second-order valence-corrected chi connectivity index (χ2v) is 11.3. The Bertz CT molecular complexity index is 1120. The van der Waals surface area contributed by atoms with Crippen molar-refractivity contribution < 1.29 is 19.4 Å². The highest BCUT2D eigenvalue weighted by atomic mass is 16.5. The van der Waals surface area contributed by atoms with Gasteiger partial charge in [-0.3, -0.25) is 4.79 Å². The Kier molecular flexibility index (Phi) is 7.10. The number of rotatable bonds is 5. The van der Waals surface area contributed by atoms with E-state index in [-0.39, 0.29) is 11.8 Å². The average molecular weight is 478 g/mol. The van der Waals surface area contributed by atoms with Crippen LogP contribution in [-0.2, 0) is 27.4 Å². The van der Waals surface area contributed by atoms with Gasteiger partial charge in [0, 0.05) is 24.6 Å². The molecule has 35 heavy (non-hydrogen) atoms. The van der Waals surface area contributed by atoms with Gasteiger partial charge in [0.05, 0.1) is 5.60 Å². The molecule has 2 aromatic carbocycles. The fourth-order valence-electron chi connectivity index (χ4n) is 5.79. The van der Waals surface area contributed by atoms with E-state index in [1.54, 1.807) is 0 Å². The van der Waals surface area contributed by atoms with Crippen LogP contribution in [0.1, 0.15) is 92.4 Å². The van der Waals surface area contributed by atoms with Gasteiger partial charge in [-0.25, -0.2) is 4.79 Å². The minimum atomic E-state index is -1.10. The van der Waals surface area contributed by atoms with E-state index in [0.717, 1.165) is 64.6 Å². The van der Waals surface area contributed by atoms with Crippen LogP contribution in [-0.4, -0.2) is 27.5 Å². The Morgan fingerprint density at radius 3 is 2.06 bits per heavy atom. The summed E-state index contributed by atoms with van der Waals surface area (Å²) in [6.45, 7) is 12.9. The first-order valence-electron chi connectivity index (χ1n) is 12.9. The molecule has 0 bridgehead atoms. The van der Waals surface area contributed by atoms with Gasteiger partial charge in [0.25, 0.3) is 0 Å². The number of nitrogens with zero attached hydrogens (tertiary/aromatic N) is 1. The van der Waals surface area contributed by atoms with Crippen LogP contribution < -0.4 is 0 Å². The Balaban J connectivity index is 1.85. The number of hydrogen-bond acceptors (Lipinski definition) is 3. The van der Waals surface area contributed by atoms with Crippen LogP contribution in [0.2, 0.25) is 0 Å². The highest BCUT2D eigenvalue weighted by Crippen LogP contribution is 2.44. The fraction of sp³-hybridized carbons (Fsp3) is 0.533. The molecule has 2 aromatic rings. The van der Waals surface area contributed by atoms with Crippen LogP contribution in [0, 0.1) is 26.7 Å². The number of ether oxygens (including phenoxy) is 1. The van der Waals surface area contributed by atoms with Crippen LogP contribution in [0.25, 0.3) is 11.1 Å². The van der Waals surface area contributed by atoms with Crippen LogP contribution in [0.4, 0.5) is 0 Å². The lowest BCUT2D eigenvalue weighted by molar-refractivity contribution is -0.160. The number of hydrogen-bond donors (Lipinski definition) is 1. The van der Waals surface area contributed by atoms with Gasteiger partial charge in [0.1, 0.15) is 0 Å². The van der Waals surface area contributed by atoms with E-state index < -0.39 is 17.7 Å². The van der Waals surface area contributed by atoms with Gasteiger partial charge in [-0.2, -0.15) is 0 Å². The first-order chi connectivity index (χ1) is 16.5. The van der Waals surface area contributed by atoms with Crippen molar-refractivity contribution >= 4 is 11.9 Å². The van der Waals surface area contributed by atoms with E-state index in [4.69, 9.17) is 4.74 Å². The topological polar surface area (TPSA) is 66.8 Å². The molecule has 1 aliphatic carbocycles. The Hall–Kier alpha value is -2.66. The van der Waals surface area contributed by atoms with E-state index in [1.165, 1.54) is 6.42 Å². The number of fused-ring (bicyclic) bond motifs is 1. The van der Waals surface area contributed by atoms with E-state index in [1.807, 2.05) is 39.5 Å². The molecule has 1 N–H and O–H groups in total. The molecular weight excluding hydrogens is 438 g/mol. The number of carbonyl (C=O) groups is 2. The van der Waals surface area contributed by atoms with Crippen LogP contribution in [0.3, 0.4) is 0 Å². The second-order valence-electron chi connectivity index (χ2n) is 11.3. The molecule has 0 spiro atoms. The highest BCUT2D eigenvalue weighted by molar-refractivity contribution is 5.85. The SMILES string of the molecule is Cc1ccc(-c2c(C)c3c(c(C)c2[C@H](OC(C)(C)C)C(=O)O)CN(C(=O)C2CCCCC2)C3)cc1. The number of carbonyl (C=O) groups excluding carboxylic acids is 1. The number of amides is 1. The molecule has 0 unspecified atom stereocenters. The van der Waals surface area contributed by atoms with Crippen molar-refractivity contribution in [2.75, 3.05) is 0 Å². The van der Waals surface area contributed by atoms with Crippen molar-refractivity contribution in [1.82, 2.24) is 4.90 Å². The molecule has 0 saturated heterocycles. The van der Waals surface area contributed by atoms with Gasteiger partial charge in [-0.15, -0.1) is 0 Å². The summed E-state index contributed by atoms with van der Waals surface area (Å²) in [6.07, 6.45) is 4.32. The van der Waals surface area contributed by atoms with Gasteiger partial charge in [-0.05, 0) is 87.8 Å². The van der Waals surface area contributed by atoms with E-state index in [0.29, 0.717) is 18.7 Å². The van der Waals surface area contributed by atoms with E-state index >= 15 is 0 Å². The summed E-state index contributed by atoms with van der Waals surface area (Å²) in [4.78, 5) is 28.0. The molecule has 5 heteroatoms. The third-order valence-electron chi connectivity index (χ3n) is 7.58. The van der Waals surface area contributed by atoms with Gasteiger partial charge < -0.3 is 14.7 Å². The normalized spacial score (nSPS) is 17.4. The predicted octanol–water partition coefficient (Wildman–Crippen LogP) is 6.64. The van der Waals surface area contributed by atoms with Crippen LogP contribution in [0.15, 0.2) is 24.3 Å². The maximum Gasteiger partial charge on any atom is 0.337 e. The zero-order valence-corrected chi connectivity index (χ0v) is 22.0. The van der Waals surface area contributed by atoms with Crippen molar-refractivity contribution in [3.8, 4) is 11.1 Å². The smallest absolute Gasteiger partial charge is 0.337 e. The lowest BCUT2D eigenvalue weighted by atomic mass is 9.83. The third kappa shape index (κ3) is 5.16. The maximum atomic E-state index is 13.4. The molecular formula is C30H39NO4. The number of benzene rings is 2. The van der Waals surface area contributed by atoms with Gasteiger partial charge >= 0.3 is 5.97 Å². The predicted molar refractivity (Wildman–Crippen MR) is 138 cm³/mol. The van der Waals surface area contributed by atoms with Gasteiger partial charge in [0.2, 0.25) is 5.91 Å². The molecule has 1 amide bonds. The quantitative estimate of drug-likeness (QED) is 0.524. The Labute approximate surface area is 209 Å². The second kappa shape index (κ2) is 9.77. The zero-order valence-electron chi connectivity index (χ0n) is 22.0. The summed E-state index contributed by atoms with van der Waals surface area (Å²) in [5, 5.41) is 10.3. The molecule has 1 aliphatic heterocycles. The summed E-state index contributed by atoms with van der Waals surface area (Å²) in [5.41, 5.74) is 7.35. The number of aryl methyl sites for hydroxylation is 1. The first kappa shape index (κ1) is 25.4. The highest BCUT2D eigenvalue weighted by Gasteiger charge is 2.37. The summed E-state index contributed by atoms with van der Waals surface area (Å²) >= 11 is 0. The van der Waals surface area contributed by atoms with Crippen molar-refractivity contribution in [1.29, 1.82) is 0 Å². The van der Waals surface area contributed by atoms with Crippen molar-refractivity contribution in [2.45, 2.75) is 98.4 Å². The molecule has 1 atom stereocenters. The van der Waals surface area contributed by atoms with E-state index in [2.05, 4.69) is 31.2 Å². The Morgan fingerprint density at radius 2 is 1.51 bits per heavy atom. The zero-order chi connectivity index (χ0) is 25.5. The lowest BCUT2D eigenvalue weighted by Gasteiger charge is -2.29. The van der Waals surface area contributed by atoms with Crippen LogP contribution in [0.5, 0.6) is 0 Å². The van der Waals surface area contributed by atoms with Crippen molar-refractivity contribution in [3.63, 3.8) is 0 Å². The van der Waals surface area contributed by atoms with E-state index in [9.17, 15) is 14.7 Å². The Morgan fingerprint density at radius 1 is 0.943 bits per heavy atom. The average Bonchev–Trinajstić information content (AvgIpc) is 3.26. The third-order valence-corrected chi connectivity index (χ3v) is 7.58. The number of carboxylic acids is 1. The summed E-state index contributed by atoms with van der Waals surface area (Å²) in [6, 6.07) is 8.23. The molecule has 0 aromatic heterocycles. The van der Waals surface area contributed by atoms with Gasteiger partial charge in [0.15, 0.2) is 6.10 Å². The maximum absolute atomic E-state index is 13.4. The standard InChI is InChI=1S/C30H39NO4/c1-18-12-14-21(15-13-18)25-19(2)23-16-31(28(32)22-10-8-7-9-11-22)17-24(23)20(3)26(25)27(29(33)34)35-30(4,5)6/h12-15,22,27H,7-11,16-17H2,1-6H3,(H,33,34)/t27-/m0/s1. The van der Waals surface area contributed by atoms with Crippen molar-refractivity contribution in [3.05, 3.63) is 57.6 Å². The molecule has 1 saturated carbocycles. The molecule has 2 aliphatic rings. The van der Waals surface area contributed by atoms with Gasteiger partial charge in [-0.1, -0.05) is 49.1 Å². The molecule has 0 radical (unpaired) electrons. The van der Waals surface area contributed by atoms with Crippen LogP contribution >= 0.6 is 0 Å². The summed E-state index contributed by atoms with van der Waals surface area (Å²) in [5.74, 6) is -0.631. The number of carboxylic acid groups (broad SMARTS) is 1. The minimum absolute atomic E-state index is 0.116. The fourth-order valence-corrected chi connectivity index (χ4v) is 5.79. The molecule has 4 rings (SSSR count). The minimum Gasteiger partial charge on any atom is -0.479 e. The molecule has 188 valence electrons. The number of aliphatic carboxylic acids is 1. The molecule has 5 nitrogen and oxygen atoms in total. The molecule has 1 fully saturated rings. The first-order valence-corrected chi connectivity index (χ1v) is 12.9. The summed E-state index contributed by atoms with van der Waals surface area (Å²) < 4.78 is 6.16. The molecule has 1 heterocycles. The lowest BCUT2D eigenvalue weighted by Crippen LogP contribution is -2.33. The summed E-state index contributed by atoms with van der Waals surface area (Å²) in [7, 11) is 0. The monoisotopic (exact) mass is 477 g/mol. The largest absolute Gasteiger partial charge is 0.479 e.